The molecule has 3 aromatic carbocycles. The Labute approximate surface area is 168 Å². The van der Waals surface area contributed by atoms with Gasteiger partial charge in [-0.05, 0) is 48.5 Å². The summed E-state index contributed by atoms with van der Waals surface area (Å²) in [5.74, 6) is -1.59. The minimum atomic E-state index is -0.732. The van der Waals surface area contributed by atoms with E-state index in [4.69, 9.17) is 9.47 Å². The molecule has 0 saturated heterocycles. The lowest BCUT2D eigenvalue weighted by molar-refractivity contribution is 0.0425. The number of carbonyl (C=O) groups is 4. The fraction of sp³-hybridized carbons (Fsp3) is 0. The first-order valence-electron chi connectivity index (χ1n) is 8.75. The summed E-state index contributed by atoms with van der Waals surface area (Å²) >= 11 is 0. The standard InChI is InChI=1S/C22H10O8/c23-19-13-7-5-11(9-15(13)21(25)29-19)27-17-3-1-2-4-18(17)28-12-6-8-14-16(10-12)22(26)30-20(14)24/h1-10H. The lowest BCUT2D eigenvalue weighted by Gasteiger charge is -2.12. The molecule has 30 heavy (non-hydrogen) atoms. The van der Waals surface area contributed by atoms with Gasteiger partial charge in [-0.15, -0.1) is 0 Å². The number of hydrogen-bond acceptors (Lipinski definition) is 8. The number of fused-ring (bicyclic) bond motifs is 2. The third-order valence-electron chi connectivity index (χ3n) is 4.54. The highest BCUT2D eigenvalue weighted by Gasteiger charge is 2.31. The highest BCUT2D eigenvalue weighted by atomic mass is 16.6. The Hall–Kier alpha value is -4.46. The van der Waals surface area contributed by atoms with Crippen LogP contribution in [0.3, 0.4) is 0 Å². The van der Waals surface area contributed by atoms with Crippen molar-refractivity contribution < 1.29 is 38.1 Å². The normalized spacial score (nSPS) is 14.1. The number of rotatable bonds is 4. The molecular formula is C22H10O8. The molecule has 0 bridgehead atoms. The van der Waals surface area contributed by atoms with E-state index in [-0.39, 0.29) is 22.3 Å². The van der Waals surface area contributed by atoms with Crippen LogP contribution in [0.15, 0.2) is 60.7 Å². The van der Waals surface area contributed by atoms with E-state index in [9.17, 15) is 19.2 Å². The van der Waals surface area contributed by atoms with E-state index in [1.54, 1.807) is 24.3 Å². The predicted molar refractivity (Wildman–Crippen MR) is 99.0 cm³/mol. The van der Waals surface area contributed by atoms with Gasteiger partial charge in [0.1, 0.15) is 11.5 Å². The third-order valence-corrected chi connectivity index (χ3v) is 4.54. The molecule has 0 radical (unpaired) electrons. The first kappa shape index (κ1) is 17.6. The molecule has 8 nitrogen and oxygen atoms in total. The summed E-state index contributed by atoms with van der Waals surface area (Å²) in [6, 6.07) is 15.5. The summed E-state index contributed by atoms with van der Waals surface area (Å²) in [5.41, 5.74) is 0.600. The number of esters is 4. The van der Waals surface area contributed by atoms with Crippen molar-refractivity contribution in [2.24, 2.45) is 0 Å². The Bertz CT molecular complexity index is 1180. The topological polar surface area (TPSA) is 105 Å². The zero-order valence-corrected chi connectivity index (χ0v) is 15.0. The largest absolute Gasteiger partial charge is 0.453 e. The maximum atomic E-state index is 11.7. The van der Waals surface area contributed by atoms with Gasteiger partial charge in [0.15, 0.2) is 11.5 Å². The van der Waals surface area contributed by atoms with E-state index < -0.39 is 23.9 Å². The molecule has 0 amide bonds. The van der Waals surface area contributed by atoms with Crippen molar-refractivity contribution in [3.05, 3.63) is 82.9 Å². The van der Waals surface area contributed by atoms with E-state index in [0.717, 1.165) is 0 Å². The molecule has 0 atom stereocenters. The van der Waals surface area contributed by atoms with Gasteiger partial charge in [0.2, 0.25) is 0 Å². The highest BCUT2D eigenvalue weighted by molar-refractivity contribution is 6.15. The molecule has 0 aliphatic carbocycles. The second kappa shape index (κ2) is 6.56. The monoisotopic (exact) mass is 402 g/mol. The molecule has 2 aliphatic rings. The van der Waals surface area contributed by atoms with E-state index in [1.165, 1.54) is 36.4 Å². The van der Waals surface area contributed by atoms with Gasteiger partial charge >= 0.3 is 23.9 Å². The summed E-state index contributed by atoms with van der Waals surface area (Å²) in [5, 5.41) is 0. The minimum absolute atomic E-state index is 0.123. The van der Waals surface area contributed by atoms with Gasteiger partial charge in [-0.25, -0.2) is 19.2 Å². The highest BCUT2D eigenvalue weighted by Crippen LogP contribution is 2.37. The Balaban J connectivity index is 1.43. The first-order valence-corrected chi connectivity index (χ1v) is 8.75. The molecule has 0 aromatic heterocycles. The predicted octanol–water partition coefficient (Wildman–Crippen LogP) is 3.89. The maximum absolute atomic E-state index is 11.7. The number of cyclic esters (lactones) is 4. The third kappa shape index (κ3) is 2.87. The van der Waals surface area contributed by atoms with Gasteiger partial charge < -0.3 is 18.9 Å². The average molecular weight is 402 g/mol. The van der Waals surface area contributed by atoms with Crippen molar-refractivity contribution in [2.45, 2.75) is 0 Å². The van der Waals surface area contributed by atoms with E-state index in [2.05, 4.69) is 9.47 Å². The van der Waals surface area contributed by atoms with Crippen LogP contribution in [0, 0.1) is 0 Å². The lowest BCUT2D eigenvalue weighted by atomic mass is 10.1. The summed E-state index contributed by atoms with van der Waals surface area (Å²) in [4.78, 5) is 46.6. The smallest absolute Gasteiger partial charge is 0.347 e. The molecule has 8 heteroatoms. The molecule has 0 spiro atoms. The van der Waals surface area contributed by atoms with Gasteiger partial charge in [-0.2, -0.15) is 0 Å². The van der Waals surface area contributed by atoms with Gasteiger partial charge in [-0.1, -0.05) is 12.1 Å². The van der Waals surface area contributed by atoms with Gasteiger partial charge in [-0.3, -0.25) is 0 Å². The fourth-order valence-corrected chi connectivity index (χ4v) is 3.13. The number of para-hydroxylation sites is 2. The summed E-state index contributed by atoms with van der Waals surface area (Å²) in [6.45, 7) is 0. The molecule has 2 aliphatic heterocycles. The SMILES string of the molecule is O=C1OC(=O)c2cc(Oc3ccccc3Oc3ccc4c(c3)C(=O)OC4=O)ccc21. The van der Waals surface area contributed by atoms with Gasteiger partial charge in [0.05, 0.1) is 22.3 Å². The zero-order chi connectivity index (χ0) is 20.8. The van der Waals surface area contributed by atoms with Crippen LogP contribution in [0.5, 0.6) is 23.0 Å². The van der Waals surface area contributed by atoms with Crippen LogP contribution in [0.1, 0.15) is 41.4 Å². The second-order valence-electron chi connectivity index (χ2n) is 6.42. The summed E-state index contributed by atoms with van der Waals surface area (Å²) in [7, 11) is 0. The minimum Gasteiger partial charge on any atom is -0.453 e. The Morgan fingerprint density at radius 1 is 0.500 bits per heavy atom. The van der Waals surface area contributed by atoms with Crippen molar-refractivity contribution in [3.8, 4) is 23.0 Å². The van der Waals surface area contributed by atoms with Crippen LogP contribution < -0.4 is 9.47 Å². The Morgan fingerprint density at radius 3 is 1.33 bits per heavy atom. The number of benzene rings is 3. The molecule has 2 heterocycles. The van der Waals surface area contributed by atoms with Crippen molar-refractivity contribution in [1.82, 2.24) is 0 Å². The van der Waals surface area contributed by atoms with Crippen LogP contribution in [0.25, 0.3) is 0 Å². The van der Waals surface area contributed by atoms with E-state index >= 15 is 0 Å². The molecule has 0 fully saturated rings. The van der Waals surface area contributed by atoms with Crippen molar-refractivity contribution >= 4 is 23.9 Å². The maximum Gasteiger partial charge on any atom is 0.347 e. The average Bonchev–Trinajstić information content (AvgIpc) is 3.18. The van der Waals surface area contributed by atoms with Crippen molar-refractivity contribution in [2.75, 3.05) is 0 Å². The number of carbonyl (C=O) groups excluding carboxylic acids is 4. The van der Waals surface area contributed by atoms with Gasteiger partial charge in [0.25, 0.3) is 0 Å². The molecule has 0 saturated carbocycles. The van der Waals surface area contributed by atoms with Crippen molar-refractivity contribution in [3.63, 3.8) is 0 Å². The second-order valence-corrected chi connectivity index (χ2v) is 6.42. The van der Waals surface area contributed by atoms with Gasteiger partial charge in [0, 0.05) is 0 Å². The zero-order valence-electron chi connectivity index (χ0n) is 15.0. The van der Waals surface area contributed by atoms with Crippen LogP contribution in [0.2, 0.25) is 0 Å². The van der Waals surface area contributed by atoms with Crippen LogP contribution in [-0.4, -0.2) is 23.9 Å². The number of ether oxygens (including phenoxy) is 4. The molecule has 0 N–H and O–H groups in total. The molecular weight excluding hydrogens is 392 g/mol. The summed E-state index contributed by atoms with van der Waals surface area (Å²) in [6.07, 6.45) is 0. The quantitative estimate of drug-likeness (QED) is 0.478. The van der Waals surface area contributed by atoms with E-state index in [1.807, 2.05) is 0 Å². The fourth-order valence-electron chi connectivity index (χ4n) is 3.13. The first-order chi connectivity index (χ1) is 14.5. The van der Waals surface area contributed by atoms with Crippen molar-refractivity contribution in [1.29, 1.82) is 0 Å². The Kier molecular flexibility index (Phi) is 3.85. The molecule has 146 valence electrons. The lowest BCUT2D eigenvalue weighted by Crippen LogP contribution is -1.97. The molecule has 0 unspecified atom stereocenters. The molecule has 3 aromatic rings. The van der Waals surface area contributed by atoms with E-state index in [0.29, 0.717) is 23.0 Å². The Morgan fingerprint density at radius 2 is 0.900 bits per heavy atom. The van der Waals surface area contributed by atoms with Crippen LogP contribution in [-0.2, 0) is 9.47 Å². The molecule has 5 rings (SSSR count). The van der Waals surface area contributed by atoms with Crippen LogP contribution >= 0.6 is 0 Å². The van der Waals surface area contributed by atoms with Crippen LogP contribution in [0.4, 0.5) is 0 Å². The number of hydrogen-bond donors (Lipinski definition) is 0. The summed E-state index contributed by atoms with van der Waals surface area (Å²) < 4.78 is 20.8.